The summed E-state index contributed by atoms with van der Waals surface area (Å²) in [6, 6.07) is 8.80. The monoisotopic (exact) mass is 386 g/mol. The number of carboxylic acids is 2. The van der Waals surface area contributed by atoms with E-state index < -0.39 is 11.9 Å². The van der Waals surface area contributed by atoms with Crippen molar-refractivity contribution in [3.05, 3.63) is 35.4 Å². The highest BCUT2D eigenvalue weighted by Gasteiger charge is 2.49. The van der Waals surface area contributed by atoms with Crippen molar-refractivity contribution < 1.29 is 19.8 Å². The Kier molecular flexibility index (Phi) is 6.79. The normalized spacial score (nSPS) is 18.6. The van der Waals surface area contributed by atoms with Crippen molar-refractivity contribution in [1.29, 1.82) is 0 Å². The minimum atomic E-state index is -0.607. The number of hydrogen-bond donors (Lipinski definition) is 2. The maximum atomic E-state index is 11.2. The summed E-state index contributed by atoms with van der Waals surface area (Å²) in [5.74, 6) is -1.20. The number of carboxylic acid groups (broad SMARTS) is 2. The van der Waals surface area contributed by atoms with Crippen molar-refractivity contribution in [1.82, 2.24) is 0 Å². The number of benzene rings is 1. The molecular formula is C24H34O4. The summed E-state index contributed by atoms with van der Waals surface area (Å²) in [4.78, 5) is 22.4. The van der Waals surface area contributed by atoms with Crippen molar-refractivity contribution in [2.45, 2.75) is 89.9 Å². The predicted octanol–water partition coefficient (Wildman–Crippen LogP) is 5.62. The Morgan fingerprint density at radius 1 is 0.714 bits per heavy atom. The second-order valence-electron chi connectivity index (χ2n) is 9.11. The van der Waals surface area contributed by atoms with Crippen molar-refractivity contribution in [3.63, 3.8) is 0 Å². The van der Waals surface area contributed by atoms with Crippen LogP contribution in [-0.4, -0.2) is 22.2 Å². The van der Waals surface area contributed by atoms with Gasteiger partial charge in [-0.2, -0.15) is 0 Å². The third-order valence-corrected chi connectivity index (χ3v) is 6.85. The molecule has 4 heteroatoms. The summed E-state index contributed by atoms with van der Waals surface area (Å²) in [6.07, 6.45) is 13.8. The van der Waals surface area contributed by atoms with Crippen LogP contribution in [0.3, 0.4) is 0 Å². The lowest BCUT2D eigenvalue weighted by Crippen LogP contribution is -2.14. The van der Waals surface area contributed by atoms with Gasteiger partial charge < -0.3 is 10.2 Å². The first kappa shape index (κ1) is 20.9. The SMILES string of the molecule is O=C(O)C1(CCCCCCc2cccc(CCCCC3(C(=O)O)CC3)c2)CC1. The Labute approximate surface area is 168 Å². The van der Waals surface area contributed by atoms with Gasteiger partial charge in [-0.05, 0) is 75.3 Å². The lowest BCUT2D eigenvalue weighted by atomic mass is 9.96. The molecule has 0 bridgehead atoms. The van der Waals surface area contributed by atoms with Crippen LogP contribution in [0.1, 0.15) is 88.2 Å². The molecule has 0 aromatic heterocycles. The largest absolute Gasteiger partial charge is 0.481 e. The van der Waals surface area contributed by atoms with E-state index in [0.717, 1.165) is 89.9 Å². The van der Waals surface area contributed by atoms with Gasteiger partial charge in [-0.25, -0.2) is 0 Å². The fourth-order valence-electron chi connectivity index (χ4n) is 4.32. The summed E-state index contributed by atoms with van der Waals surface area (Å²) in [6.45, 7) is 0. The van der Waals surface area contributed by atoms with E-state index in [2.05, 4.69) is 24.3 Å². The van der Waals surface area contributed by atoms with Crippen molar-refractivity contribution in [3.8, 4) is 0 Å². The molecule has 1 aromatic rings. The molecule has 0 amide bonds. The third-order valence-electron chi connectivity index (χ3n) is 6.85. The summed E-state index contributed by atoms with van der Waals surface area (Å²) in [5, 5.41) is 18.4. The zero-order valence-electron chi connectivity index (χ0n) is 16.9. The second kappa shape index (κ2) is 9.11. The predicted molar refractivity (Wildman–Crippen MR) is 109 cm³/mol. The molecule has 3 rings (SSSR count). The van der Waals surface area contributed by atoms with E-state index in [-0.39, 0.29) is 10.8 Å². The van der Waals surface area contributed by atoms with Crippen molar-refractivity contribution in [2.24, 2.45) is 10.8 Å². The van der Waals surface area contributed by atoms with Crippen LogP contribution in [0.5, 0.6) is 0 Å². The van der Waals surface area contributed by atoms with E-state index in [0.29, 0.717) is 0 Å². The van der Waals surface area contributed by atoms with Crippen LogP contribution < -0.4 is 0 Å². The average Bonchev–Trinajstić information content (AvgIpc) is 3.58. The summed E-state index contributed by atoms with van der Waals surface area (Å²) in [7, 11) is 0. The lowest BCUT2D eigenvalue weighted by molar-refractivity contribution is -0.144. The van der Waals surface area contributed by atoms with Gasteiger partial charge in [-0.3, -0.25) is 9.59 Å². The number of carbonyl (C=O) groups is 2. The Morgan fingerprint density at radius 3 is 1.61 bits per heavy atom. The van der Waals surface area contributed by atoms with Gasteiger partial charge in [0.1, 0.15) is 0 Å². The standard InChI is InChI=1S/C24H34O4/c25-21(26)23(14-15-23)12-5-2-1-3-8-19-10-7-11-20(18-19)9-4-6-13-24(16-17-24)22(27)28/h7,10-11,18H,1-6,8-9,12-17H2,(H,25,26)(H,27,28). The molecule has 0 aliphatic heterocycles. The molecule has 0 atom stereocenters. The Balaban J connectivity index is 1.28. The molecule has 28 heavy (non-hydrogen) atoms. The summed E-state index contributed by atoms with van der Waals surface area (Å²) >= 11 is 0. The molecule has 2 fully saturated rings. The molecule has 1 aromatic carbocycles. The van der Waals surface area contributed by atoms with Crippen LogP contribution in [0.15, 0.2) is 24.3 Å². The summed E-state index contributed by atoms with van der Waals surface area (Å²) in [5.41, 5.74) is 1.99. The first-order chi connectivity index (χ1) is 13.5. The van der Waals surface area contributed by atoms with Crippen molar-refractivity contribution in [2.75, 3.05) is 0 Å². The molecule has 4 nitrogen and oxygen atoms in total. The van der Waals surface area contributed by atoms with E-state index in [1.165, 1.54) is 11.1 Å². The highest BCUT2D eigenvalue weighted by Crippen LogP contribution is 2.50. The Hall–Kier alpha value is -1.84. The highest BCUT2D eigenvalue weighted by molar-refractivity contribution is 5.78. The number of hydrogen-bond acceptors (Lipinski definition) is 2. The first-order valence-electron chi connectivity index (χ1n) is 11.0. The van der Waals surface area contributed by atoms with Crippen LogP contribution >= 0.6 is 0 Å². The average molecular weight is 387 g/mol. The van der Waals surface area contributed by atoms with E-state index in [4.69, 9.17) is 0 Å². The Bertz CT molecular complexity index is 686. The number of aryl methyl sites for hydroxylation is 2. The van der Waals surface area contributed by atoms with Gasteiger partial charge in [0.2, 0.25) is 0 Å². The zero-order chi connectivity index (χ0) is 20.0. The maximum Gasteiger partial charge on any atom is 0.309 e. The molecule has 0 heterocycles. The molecule has 2 aliphatic rings. The lowest BCUT2D eigenvalue weighted by Gasteiger charge is -2.10. The van der Waals surface area contributed by atoms with E-state index >= 15 is 0 Å². The quantitative estimate of drug-likeness (QED) is 0.407. The van der Waals surface area contributed by atoms with Gasteiger partial charge in [-0.15, -0.1) is 0 Å². The van der Waals surface area contributed by atoms with Gasteiger partial charge in [0.05, 0.1) is 10.8 Å². The highest BCUT2D eigenvalue weighted by atomic mass is 16.4. The van der Waals surface area contributed by atoms with Gasteiger partial charge in [-0.1, -0.05) is 49.9 Å². The molecule has 0 saturated heterocycles. The van der Waals surface area contributed by atoms with E-state index in [9.17, 15) is 19.8 Å². The number of unbranched alkanes of at least 4 members (excludes halogenated alkanes) is 4. The fourth-order valence-corrected chi connectivity index (χ4v) is 4.32. The fraction of sp³-hybridized carbons (Fsp3) is 0.667. The van der Waals surface area contributed by atoms with E-state index in [1.54, 1.807) is 0 Å². The smallest absolute Gasteiger partial charge is 0.309 e. The van der Waals surface area contributed by atoms with Gasteiger partial charge in [0.15, 0.2) is 0 Å². The molecule has 2 saturated carbocycles. The maximum absolute atomic E-state index is 11.2. The molecule has 2 aliphatic carbocycles. The molecule has 2 N–H and O–H groups in total. The third kappa shape index (κ3) is 5.59. The Morgan fingerprint density at radius 2 is 1.14 bits per heavy atom. The second-order valence-corrected chi connectivity index (χ2v) is 9.11. The van der Waals surface area contributed by atoms with Crippen LogP contribution in [0, 0.1) is 10.8 Å². The molecule has 0 radical (unpaired) electrons. The molecular weight excluding hydrogens is 352 g/mol. The molecule has 0 spiro atoms. The van der Waals surface area contributed by atoms with Crippen LogP contribution in [-0.2, 0) is 22.4 Å². The molecule has 154 valence electrons. The number of rotatable bonds is 14. The van der Waals surface area contributed by atoms with Gasteiger partial charge >= 0.3 is 11.9 Å². The summed E-state index contributed by atoms with van der Waals surface area (Å²) < 4.78 is 0. The van der Waals surface area contributed by atoms with Crippen LogP contribution in [0.2, 0.25) is 0 Å². The van der Waals surface area contributed by atoms with Crippen LogP contribution in [0.4, 0.5) is 0 Å². The van der Waals surface area contributed by atoms with E-state index in [1.807, 2.05) is 0 Å². The minimum absolute atomic E-state index is 0.363. The molecule has 0 unspecified atom stereocenters. The zero-order valence-corrected chi connectivity index (χ0v) is 16.9. The van der Waals surface area contributed by atoms with Crippen LogP contribution in [0.25, 0.3) is 0 Å². The van der Waals surface area contributed by atoms with Gasteiger partial charge in [0.25, 0.3) is 0 Å². The minimum Gasteiger partial charge on any atom is -0.481 e. The first-order valence-corrected chi connectivity index (χ1v) is 11.0. The van der Waals surface area contributed by atoms with Crippen molar-refractivity contribution >= 4 is 11.9 Å². The van der Waals surface area contributed by atoms with Gasteiger partial charge in [0, 0.05) is 0 Å². The number of aliphatic carboxylic acids is 2. The topological polar surface area (TPSA) is 74.6 Å².